The number of hydrogen-bond donors (Lipinski definition) is 0. The Morgan fingerprint density at radius 3 is 2.77 bits per heavy atom. The van der Waals surface area contributed by atoms with Crippen LogP contribution < -0.4 is 4.90 Å². The third kappa shape index (κ3) is 2.66. The molecule has 0 radical (unpaired) electrons. The van der Waals surface area contributed by atoms with Crippen LogP contribution in [0.4, 0.5) is 19.4 Å². The van der Waals surface area contributed by atoms with Gasteiger partial charge in [0.05, 0.1) is 17.0 Å². The summed E-state index contributed by atoms with van der Waals surface area (Å²) < 4.78 is 32.8. The Bertz CT molecular complexity index is 1010. The summed E-state index contributed by atoms with van der Waals surface area (Å²) >= 11 is 1.12. The molecule has 26 heavy (non-hydrogen) atoms. The van der Waals surface area contributed by atoms with Crippen molar-refractivity contribution in [2.24, 2.45) is 0 Å². The molecule has 1 amide bonds. The van der Waals surface area contributed by atoms with Crippen LogP contribution in [0, 0.1) is 11.6 Å². The molecule has 5 nitrogen and oxygen atoms in total. The van der Waals surface area contributed by atoms with Gasteiger partial charge in [-0.1, -0.05) is 47.3 Å². The second-order valence-corrected chi connectivity index (χ2v) is 6.86. The van der Waals surface area contributed by atoms with Crippen molar-refractivity contribution in [1.82, 2.24) is 5.16 Å². The molecule has 2 aromatic carbocycles. The van der Waals surface area contributed by atoms with Gasteiger partial charge in [0.2, 0.25) is 11.4 Å². The van der Waals surface area contributed by atoms with Gasteiger partial charge in [-0.2, -0.15) is 4.39 Å². The van der Waals surface area contributed by atoms with E-state index in [0.29, 0.717) is 12.2 Å². The zero-order valence-corrected chi connectivity index (χ0v) is 14.1. The lowest BCUT2D eigenvalue weighted by molar-refractivity contribution is 0.111. The second kappa shape index (κ2) is 6.53. The van der Waals surface area contributed by atoms with Crippen molar-refractivity contribution < 1.29 is 22.9 Å². The topological polar surface area (TPSA) is 63.4 Å². The number of carbonyl (C=O) groups excluding carboxylic acids is 2. The van der Waals surface area contributed by atoms with Crippen LogP contribution in [-0.2, 0) is 6.42 Å². The Hall–Kier alpha value is -2.74. The van der Waals surface area contributed by atoms with Crippen LogP contribution in [-0.4, -0.2) is 28.5 Å². The molecule has 4 rings (SSSR count). The molecule has 1 atom stereocenters. The predicted octanol–water partition coefficient (Wildman–Crippen LogP) is 4.20. The van der Waals surface area contributed by atoms with Crippen LogP contribution in [0.3, 0.4) is 0 Å². The molecule has 8 heteroatoms. The van der Waals surface area contributed by atoms with Crippen LogP contribution in [0.1, 0.15) is 15.9 Å². The van der Waals surface area contributed by atoms with Crippen LogP contribution in [0.15, 0.2) is 40.9 Å². The first-order chi connectivity index (χ1) is 12.6. The number of benzene rings is 2. The van der Waals surface area contributed by atoms with Crippen molar-refractivity contribution >= 4 is 40.1 Å². The van der Waals surface area contributed by atoms with E-state index in [9.17, 15) is 18.4 Å². The lowest BCUT2D eigenvalue weighted by atomic mass is 10.1. The maximum atomic E-state index is 14.1. The van der Waals surface area contributed by atoms with Gasteiger partial charge in [-0.25, -0.2) is 4.39 Å². The molecule has 0 aliphatic carbocycles. The molecule has 1 saturated heterocycles. The van der Waals surface area contributed by atoms with Gasteiger partial charge in [0.1, 0.15) is 0 Å². The minimum absolute atomic E-state index is 0.0953. The zero-order valence-electron chi connectivity index (χ0n) is 13.3. The highest BCUT2D eigenvalue weighted by Crippen LogP contribution is 2.37. The smallest absolute Gasteiger partial charge is 0.287 e. The van der Waals surface area contributed by atoms with Gasteiger partial charge >= 0.3 is 0 Å². The lowest BCUT2D eigenvalue weighted by Gasteiger charge is -2.21. The van der Waals surface area contributed by atoms with Crippen LogP contribution in [0.25, 0.3) is 11.0 Å². The van der Waals surface area contributed by atoms with Gasteiger partial charge in [0.25, 0.3) is 5.24 Å². The highest BCUT2D eigenvalue weighted by molar-refractivity contribution is 8.14. The molecule has 132 valence electrons. The van der Waals surface area contributed by atoms with Gasteiger partial charge in [0.15, 0.2) is 17.9 Å². The third-order valence-corrected chi connectivity index (χ3v) is 5.28. The molecule has 1 aromatic heterocycles. The zero-order chi connectivity index (χ0) is 18.3. The molecular weight excluding hydrogens is 362 g/mol. The molecule has 0 spiro atoms. The first kappa shape index (κ1) is 16.7. The Balaban J connectivity index is 1.78. The number of rotatable bonds is 4. The second-order valence-electron chi connectivity index (χ2n) is 5.88. The molecule has 1 aliphatic heterocycles. The molecule has 1 fully saturated rings. The van der Waals surface area contributed by atoms with E-state index in [0.717, 1.165) is 23.4 Å². The normalized spacial score (nSPS) is 17.2. The summed E-state index contributed by atoms with van der Waals surface area (Å²) in [6, 6.07) is 10.6. The van der Waals surface area contributed by atoms with E-state index in [1.807, 2.05) is 30.3 Å². The summed E-state index contributed by atoms with van der Waals surface area (Å²) in [5.41, 5.74) is 0.182. The van der Waals surface area contributed by atoms with Crippen molar-refractivity contribution in [3.8, 4) is 0 Å². The van der Waals surface area contributed by atoms with E-state index in [-0.39, 0.29) is 28.8 Å². The van der Waals surface area contributed by atoms with E-state index in [1.54, 1.807) is 0 Å². The molecule has 2 heterocycles. The van der Waals surface area contributed by atoms with Crippen LogP contribution in [0.2, 0.25) is 0 Å². The molecule has 3 aromatic rings. The predicted molar refractivity (Wildman–Crippen MR) is 93.6 cm³/mol. The molecule has 0 saturated carbocycles. The SMILES string of the molecule is O=Cc1cc2c(N3C(=O)SC[C@@H]3Cc3ccccc3)noc2c(F)c1F. The number of carbonyl (C=O) groups is 2. The number of amides is 1. The summed E-state index contributed by atoms with van der Waals surface area (Å²) in [6.07, 6.45) is 0.800. The first-order valence-electron chi connectivity index (χ1n) is 7.82. The lowest BCUT2D eigenvalue weighted by Crippen LogP contribution is -2.35. The Morgan fingerprint density at radius 1 is 1.27 bits per heavy atom. The highest BCUT2D eigenvalue weighted by atomic mass is 32.2. The fourth-order valence-electron chi connectivity index (χ4n) is 3.04. The number of halogens is 2. The van der Waals surface area contributed by atoms with Gasteiger partial charge < -0.3 is 4.52 Å². The maximum absolute atomic E-state index is 14.1. The minimum Gasteiger partial charge on any atom is -0.351 e. The van der Waals surface area contributed by atoms with Gasteiger partial charge in [-0.3, -0.25) is 14.5 Å². The van der Waals surface area contributed by atoms with E-state index in [2.05, 4.69) is 5.16 Å². The van der Waals surface area contributed by atoms with Gasteiger partial charge in [-0.05, 0) is 18.1 Å². The number of hydrogen-bond acceptors (Lipinski definition) is 5. The Kier molecular flexibility index (Phi) is 4.20. The molecule has 1 aliphatic rings. The fourth-order valence-corrected chi connectivity index (χ4v) is 4.01. The minimum atomic E-state index is -1.29. The monoisotopic (exact) mass is 374 g/mol. The fraction of sp³-hybridized carbons (Fsp3) is 0.167. The summed E-state index contributed by atoms with van der Waals surface area (Å²) in [4.78, 5) is 24.8. The van der Waals surface area contributed by atoms with Crippen molar-refractivity contribution in [2.45, 2.75) is 12.5 Å². The number of aldehydes is 1. The molecule has 0 unspecified atom stereocenters. The first-order valence-corrected chi connectivity index (χ1v) is 8.81. The van der Waals surface area contributed by atoms with Crippen molar-refractivity contribution in [3.63, 3.8) is 0 Å². The average Bonchev–Trinajstić information content (AvgIpc) is 3.22. The Morgan fingerprint density at radius 2 is 2.04 bits per heavy atom. The Labute approximate surface area is 150 Å². The van der Waals surface area contributed by atoms with E-state index < -0.39 is 22.8 Å². The summed E-state index contributed by atoms with van der Waals surface area (Å²) in [5, 5.41) is 3.64. The molecular formula is C18H12F2N2O3S. The van der Waals surface area contributed by atoms with E-state index >= 15 is 0 Å². The van der Waals surface area contributed by atoms with Crippen molar-refractivity contribution in [3.05, 3.63) is 59.2 Å². The molecule has 0 bridgehead atoms. The standard InChI is InChI=1S/C18H12F2N2O3S/c19-14-11(8-23)7-13-16(15(14)20)25-21-17(13)22-12(9-26-18(22)24)6-10-4-2-1-3-5-10/h1-5,7-8,12H,6,9H2/t12-/m0/s1. The van der Waals surface area contributed by atoms with Crippen LogP contribution >= 0.6 is 11.8 Å². The molecule has 0 N–H and O–H groups in total. The maximum Gasteiger partial charge on any atom is 0.287 e. The number of thioether (sulfide) groups is 1. The van der Waals surface area contributed by atoms with Gasteiger partial charge in [0, 0.05) is 5.75 Å². The van der Waals surface area contributed by atoms with Crippen molar-refractivity contribution in [1.29, 1.82) is 0 Å². The number of nitrogens with zero attached hydrogens (tertiary/aromatic N) is 2. The van der Waals surface area contributed by atoms with Crippen LogP contribution in [0.5, 0.6) is 0 Å². The summed E-state index contributed by atoms with van der Waals surface area (Å²) in [6.45, 7) is 0. The largest absolute Gasteiger partial charge is 0.351 e. The average molecular weight is 374 g/mol. The number of aromatic nitrogens is 1. The summed E-state index contributed by atoms with van der Waals surface area (Å²) in [5.74, 6) is -1.95. The highest BCUT2D eigenvalue weighted by Gasteiger charge is 2.37. The van der Waals surface area contributed by atoms with E-state index in [1.165, 1.54) is 4.90 Å². The number of anilines is 1. The summed E-state index contributed by atoms with van der Waals surface area (Å²) in [7, 11) is 0. The van der Waals surface area contributed by atoms with E-state index in [4.69, 9.17) is 4.52 Å². The third-order valence-electron chi connectivity index (χ3n) is 4.28. The van der Waals surface area contributed by atoms with Crippen molar-refractivity contribution in [2.75, 3.05) is 10.7 Å². The number of fused-ring (bicyclic) bond motifs is 1. The quantitative estimate of drug-likeness (QED) is 0.641. The van der Waals surface area contributed by atoms with Gasteiger partial charge in [-0.15, -0.1) is 0 Å².